The van der Waals surface area contributed by atoms with Crippen LogP contribution in [0.2, 0.25) is 0 Å². The highest BCUT2D eigenvalue weighted by molar-refractivity contribution is 5.86. The number of pyridine rings is 1. The number of anilines is 1. The summed E-state index contributed by atoms with van der Waals surface area (Å²) in [7, 11) is 3.82. The first-order valence-corrected chi connectivity index (χ1v) is 4.80. The van der Waals surface area contributed by atoms with E-state index in [0.29, 0.717) is 11.5 Å². The van der Waals surface area contributed by atoms with Crippen molar-refractivity contribution in [3.8, 4) is 0 Å². The third-order valence-electron chi connectivity index (χ3n) is 2.22. The number of rotatable bonds is 3. The van der Waals surface area contributed by atoms with E-state index in [1.54, 1.807) is 6.20 Å². The highest BCUT2D eigenvalue weighted by atomic mass is 16.4. The molecule has 0 aliphatic rings. The van der Waals surface area contributed by atoms with E-state index in [-0.39, 0.29) is 6.42 Å². The molecule has 2 heterocycles. The SMILES string of the molecule is CN(C)c1ccnc2nc(CC(=O)O)[nH]c12. The number of nitrogens with one attached hydrogen (secondary N) is 1. The van der Waals surface area contributed by atoms with Gasteiger partial charge in [0.25, 0.3) is 0 Å². The second kappa shape index (κ2) is 3.80. The summed E-state index contributed by atoms with van der Waals surface area (Å²) in [5.74, 6) is -0.491. The minimum Gasteiger partial charge on any atom is -0.481 e. The number of aliphatic carboxylic acids is 1. The number of carboxylic acids is 1. The number of aromatic amines is 1. The van der Waals surface area contributed by atoms with E-state index < -0.39 is 5.97 Å². The Bertz CT molecular complexity index is 533. The molecule has 0 atom stereocenters. The molecule has 0 unspecified atom stereocenters. The van der Waals surface area contributed by atoms with Crippen LogP contribution in [0, 0.1) is 0 Å². The molecule has 0 fully saturated rings. The topological polar surface area (TPSA) is 82.1 Å². The monoisotopic (exact) mass is 220 g/mol. The number of H-pyrrole nitrogens is 1. The van der Waals surface area contributed by atoms with E-state index in [1.165, 1.54) is 0 Å². The molecule has 0 spiro atoms. The maximum Gasteiger partial charge on any atom is 0.311 e. The lowest BCUT2D eigenvalue weighted by Gasteiger charge is -2.11. The van der Waals surface area contributed by atoms with Gasteiger partial charge in [0.05, 0.1) is 5.69 Å². The highest BCUT2D eigenvalue weighted by Crippen LogP contribution is 2.21. The maximum atomic E-state index is 10.6. The van der Waals surface area contributed by atoms with E-state index in [0.717, 1.165) is 11.2 Å². The molecule has 2 rings (SSSR count). The summed E-state index contributed by atoms with van der Waals surface area (Å²) < 4.78 is 0. The van der Waals surface area contributed by atoms with Crippen molar-refractivity contribution in [3.05, 3.63) is 18.1 Å². The van der Waals surface area contributed by atoms with Crippen molar-refractivity contribution in [2.75, 3.05) is 19.0 Å². The van der Waals surface area contributed by atoms with E-state index >= 15 is 0 Å². The maximum absolute atomic E-state index is 10.6. The fourth-order valence-corrected chi connectivity index (χ4v) is 1.55. The average Bonchev–Trinajstić information content (AvgIpc) is 2.57. The van der Waals surface area contributed by atoms with E-state index in [4.69, 9.17) is 5.11 Å². The van der Waals surface area contributed by atoms with Crippen molar-refractivity contribution >= 4 is 22.8 Å². The number of carbonyl (C=O) groups is 1. The first-order valence-electron chi connectivity index (χ1n) is 4.80. The zero-order valence-electron chi connectivity index (χ0n) is 9.06. The molecule has 2 aromatic heterocycles. The van der Waals surface area contributed by atoms with Crippen LogP contribution in [0.15, 0.2) is 12.3 Å². The van der Waals surface area contributed by atoms with Gasteiger partial charge in [-0.15, -0.1) is 0 Å². The number of carboxylic acid groups (broad SMARTS) is 1. The first kappa shape index (κ1) is 10.4. The molecular weight excluding hydrogens is 208 g/mol. The van der Waals surface area contributed by atoms with Gasteiger partial charge in [0.1, 0.15) is 17.8 Å². The van der Waals surface area contributed by atoms with Gasteiger partial charge in [0.15, 0.2) is 5.65 Å². The van der Waals surface area contributed by atoms with Crippen LogP contribution in [0.4, 0.5) is 5.69 Å². The summed E-state index contributed by atoms with van der Waals surface area (Å²) in [6.07, 6.45) is 1.53. The Labute approximate surface area is 91.9 Å². The quantitative estimate of drug-likeness (QED) is 0.793. The van der Waals surface area contributed by atoms with Crippen LogP contribution in [0.25, 0.3) is 11.2 Å². The van der Waals surface area contributed by atoms with Crippen molar-refractivity contribution in [3.63, 3.8) is 0 Å². The van der Waals surface area contributed by atoms with Crippen molar-refractivity contribution < 1.29 is 9.90 Å². The molecule has 6 heteroatoms. The largest absolute Gasteiger partial charge is 0.481 e. The number of imidazole rings is 1. The first-order chi connectivity index (χ1) is 7.58. The standard InChI is InChI=1S/C10H12N4O2/c1-14(2)6-3-4-11-10-9(6)12-7(13-10)5-8(15)16/h3-4H,5H2,1-2H3,(H,15,16)(H,11,12,13). The van der Waals surface area contributed by atoms with Gasteiger partial charge in [-0.2, -0.15) is 0 Å². The van der Waals surface area contributed by atoms with Gasteiger partial charge in [-0.3, -0.25) is 4.79 Å². The summed E-state index contributed by atoms with van der Waals surface area (Å²) in [5, 5.41) is 8.68. The van der Waals surface area contributed by atoms with Gasteiger partial charge in [0.2, 0.25) is 0 Å². The minimum absolute atomic E-state index is 0.122. The normalized spacial score (nSPS) is 10.6. The van der Waals surface area contributed by atoms with Crippen molar-refractivity contribution in [2.24, 2.45) is 0 Å². The lowest BCUT2D eigenvalue weighted by atomic mass is 10.3. The molecular formula is C10H12N4O2. The molecule has 0 aromatic carbocycles. The van der Waals surface area contributed by atoms with Gasteiger partial charge in [-0.1, -0.05) is 0 Å². The lowest BCUT2D eigenvalue weighted by molar-refractivity contribution is -0.136. The predicted molar refractivity (Wildman–Crippen MR) is 59.6 cm³/mol. The van der Waals surface area contributed by atoms with Gasteiger partial charge in [-0.25, -0.2) is 9.97 Å². The van der Waals surface area contributed by atoms with Crippen LogP contribution < -0.4 is 4.90 Å². The predicted octanol–water partition coefficient (Wildman–Crippen LogP) is 0.651. The molecule has 6 nitrogen and oxygen atoms in total. The van der Waals surface area contributed by atoms with Crippen molar-refractivity contribution in [2.45, 2.75) is 6.42 Å². The van der Waals surface area contributed by atoms with E-state index in [9.17, 15) is 4.79 Å². The number of hydrogen-bond donors (Lipinski definition) is 2. The zero-order chi connectivity index (χ0) is 11.7. The van der Waals surface area contributed by atoms with Crippen LogP contribution in [-0.4, -0.2) is 40.1 Å². The van der Waals surface area contributed by atoms with Crippen molar-refractivity contribution in [1.82, 2.24) is 15.0 Å². The Morgan fingerprint density at radius 3 is 2.94 bits per heavy atom. The number of aromatic nitrogens is 3. The van der Waals surface area contributed by atoms with Gasteiger partial charge >= 0.3 is 5.97 Å². The molecule has 0 saturated heterocycles. The Hall–Kier alpha value is -2.11. The number of hydrogen-bond acceptors (Lipinski definition) is 4. The Morgan fingerprint density at radius 2 is 2.31 bits per heavy atom. The zero-order valence-corrected chi connectivity index (χ0v) is 9.06. The van der Waals surface area contributed by atoms with Crippen LogP contribution in [0.5, 0.6) is 0 Å². The fraction of sp³-hybridized carbons (Fsp3) is 0.300. The van der Waals surface area contributed by atoms with Crippen molar-refractivity contribution in [1.29, 1.82) is 0 Å². The molecule has 0 aliphatic carbocycles. The second-order valence-electron chi connectivity index (χ2n) is 3.68. The van der Waals surface area contributed by atoms with Crippen LogP contribution in [-0.2, 0) is 11.2 Å². The Morgan fingerprint density at radius 1 is 1.56 bits per heavy atom. The van der Waals surface area contributed by atoms with Gasteiger partial charge in [0, 0.05) is 20.3 Å². The summed E-state index contributed by atoms with van der Waals surface area (Å²) in [4.78, 5) is 23.7. The number of nitrogens with zero attached hydrogens (tertiary/aromatic N) is 3. The van der Waals surface area contributed by atoms with E-state index in [1.807, 2.05) is 25.1 Å². The molecule has 16 heavy (non-hydrogen) atoms. The molecule has 2 N–H and O–H groups in total. The van der Waals surface area contributed by atoms with Crippen LogP contribution in [0.1, 0.15) is 5.82 Å². The molecule has 84 valence electrons. The molecule has 0 saturated carbocycles. The van der Waals surface area contributed by atoms with Crippen LogP contribution >= 0.6 is 0 Å². The summed E-state index contributed by atoms with van der Waals surface area (Å²) >= 11 is 0. The smallest absolute Gasteiger partial charge is 0.311 e. The summed E-state index contributed by atoms with van der Waals surface area (Å²) in [5.41, 5.74) is 2.25. The average molecular weight is 220 g/mol. The van der Waals surface area contributed by atoms with Crippen LogP contribution in [0.3, 0.4) is 0 Å². The lowest BCUT2D eigenvalue weighted by Crippen LogP contribution is -2.09. The molecule has 0 aliphatic heterocycles. The summed E-state index contributed by atoms with van der Waals surface area (Å²) in [6.45, 7) is 0. The minimum atomic E-state index is -0.912. The highest BCUT2D eigenvalue weighted by Gasteiger charge is 2.11. The summed E-state index contributed by atoms with van der Waals surface area (Å²) in [6, 6.07) is 1.85. The molecule has 0 amide bonds. The Kier molecular flexibility index (Phi) is 2.47. The number of fused-ring (bicyclic) bond motifs is 1. The van der Waals surface area contributed by atoms with E-state index in [2.05, 4.69) is 15.0 Å². The second-order valence-corrected chi connectivity index (χ2v) is 3.68. The third kappa shape index (κ3) is 1.81. The van der Waals surface area contributed by atoms with Gasteiger partial charge in [-0.05, 0) is 6.07 Å². The third-order valence-corrected chi connectivity index (χ3v) is 2.22. The molecule has 0 radical (unpaired) electrons. The van der Waals surface area contributed by atoms with Gasteiger partial charge < -0.3 is 15.0 Å². The fourth-order valence-electron chi connectivity index (χ4n) is 1.55. The Balaban J connectivity index is 2.52. The molecule has 2 aromatic rings. The molecule has 0 bridgehead atoms.